The molecule has 0 saturated heterocycles. The summed E-state index contributed by atoms with van der Waals surface area (Å²) in [5.41, 5.74) is 0.976. The average molecular weight is 337 g/mol. The monoisotopic (exact) mass is 337 g/mol. The molecule has 3 aromatic rings. The van der Waals surface area contributed by atoms with Gasteiger partial charge in [-0.2, -0.15) is 0 Å². The molecular formula is C20H19NO4. The minimum absolute atomic E-state index is 0.0253. The van der Waals surface area contributed by atoms with E-state index in [4.69, 9.17) is 4.74 Å². The maximum Gasteiger partial charge on any atom is 0.341 e. The van der Waals surface area contributed by atoms with Gasteiger partial charge in [0.25, 0.3) is 0 Å². The van der Waals surface area contributed by atoms with Crippen molar-refractivity contribution >= 4 is 16.9 Å². The smallest absolute Gasteiger partial charge is 0.341 e. The number of ether oxygens (including phenoxy) is 1. The fraction of sp³-hybridized carbons (Fsp3) is 0.200. The highest BCUT2D eigenvalue weighted by atomic mass is 16.5. The molecule has 1 heterocycles. The van der Waals surface area contributed by atoms with E-state index in [2.05, 4.69) is 0 Å². The van der Waals surface area contributed by atoms with Gasteiger partial charge in [-0.3, -0.25) is 4.79 Å². The van der Waals surface area contributed by atoms with E-state index in [0.29, 0.717) is 23.3 Å². The van der Waals surface area contributed by atoms with Crippen LogP contribution in [0.3, 0.4) is 0 Å². The van der Waals surface area contributed by atoms with Crippen LogP contribution in [0.25, 0.3) is 10.9 Å². The van der Waals surface area contributed by atoms with Crippen molar-refractivity contribution in [3.8, 4) is 5.75 Å². The number of hydrogen-bond acceptors (Lipinski definition) is 3. The first kappa shape index (κ1) is 16.8. The Bertz CT molecular complexity index is 974. The minimum Gasteiger partial charge on any atom is -0.489 e. The average Bonchev–Trinajstić information content (AvgIpc) is 2.60. The van der Waals surface area contributed by atoms with E-state index in [1.54, 1.807) is 22.8 Å². The van der Waals surface area contributed by atoms with Crippen LogP contribution in [0.15, 0.2) is 59.5 Å². The first-order chi connectivity index (χ1) is 12.0. The number of pyridine rings is 1. The molecular weight excluding hydrogens is 318 g/mol. The number of carboxylic acid groups (broad SMARTS) is 1. The molecule has 5 heteroatoms. The lowest BCUT2D eigenvalue weighted by Crippen LogP contribution is -2.19. The molecule has 1 aromatic heterocycles. The Kier molecular flexibility index (Phi) is 4.57. The Balaban J connectivity index is 2.05. The maximum atomic E-state index is 12.5. The van der Waals surface area contributed by atoms with Crippen molar-refractivity contribution in [3.05, 3.63) is 76.1 Å². The first-order valence-electron chi connectivity index (χ1n) is 8.06. The number of aromatic carboxylic acids is 1. The fourth-order valence-corrected chi connectivity index (χ4v) is 2.74. The van der Waals surface area contributed by atoms with Crippen LogP contribution in [0, 0.1) is 0 Å². The summed E-state index contributed by atoms with van der Waals surface area (Å²) in [5.74, 6) is -0.691. The molecule has 0 atom stereocenters. The van der Waals surface area contributed by atoms with Crippen molar-refractivity contribution in [2.75, 3.05) is 0 Å². The molecule has 0 amide bonds. The number of rotatable bonds is 5. The van der Waals surface area contributed by atoms with Gasteiger partial charge in [0.2, 0.25) is 5.43 Å². The first-order valence-corrected chi connectivity index (χ1v) is 8.06. The van der Waals surface area contributed by atoms with E-state index < -0.39 is 11.4 Å². The predicted octanol–water partition coefficient (Wildman–Crippen LogP) is 3.86. The van der Waals surface area contributed by atoms with E-state index in [9.17, 15) is 14.7 Å². The van der Waals surface area contributed by atoms with Crippen LogP contribution in [0.2, 0.25) is 0 Å². The van der Waals surface area contributed by atoms with Crippen molar-refractivity contribution in [3.63, 3.8) is 0 Å². The zero-order valence-corrected chi connectivity index (χ0v) is 14.1. The number of fused-ring (bicyclic) bond motifs is 1. The topological polar surface area (TPSA) is 68.5 Å². The number of benzene rings is 2. The van der Waals surface area contributed by atoms with Gasteiger partial charge < -0.3 is 14.4 Å². The fourth-order valence-electron chi connectivity index (χ4n) is 2.74. The number of aromatic nitrogens is 1. The predicted molar refractivity (Wildman–Crippen MR) is 96.3 cm³/mol. The van der Waals surface area contributed by atoms with Crippen LogP contribution in [-0.4, -0.2) is 15.6 Å². The van der Waals surface area contributed by atoms with E-state index in [1.807, 2.05) is 44.2 Å². The molecule has 0 aliphatic rings. The van der Waals surface area contributed by atoms with Gasteiger partial charge in [0.05, 0.1) is 10.9 Å². The Morgan fingerprint density at radius 3 is 2.52 bits per heavy atom. The third-order valence-corrected chi connectivity index (χ3v) is 4.04. The number of nitrogens with zero attached hydrogens (tertiary/aromatic N) is 1. The summed E-state index contributed by atoms with van der Waals surface area (Å²) >= 11 is 0. The van der Waals surface area contributed by atoms with Crippen LogP contribution < -0.4 is 10.2 Å². The molecule has 0 fully saturated rings. The van der Waals surface area contributed by atoms with Crippen molar-refractivity contribution in [1.82, 2.24) is 4.57 Å². The Labute approximate surface area is 145 Å². The SMILES string of the molecule is CC(C)n1cc(C(=O)O)c(=O)c2cc(OCc3ccccc3)ccc21. The Morgan fingerprint density at radius 2 is 1.88 bits per heavy atom. The van der Waals surface area contributed by atoms with Gasteiger partial charge in [0, 0.05) is 12.2 Å². The summed E-state index contributed by atoms with van der Waals surface area (Å²) in [4.78, 5) is 23.9. The van der Waals surface area contributed by atoms with Crippen molar-refractivity contribution < 1.29 is 14.6 Å². The second-order valence-electron chi connectivity index (χ2n) is 6.13. The highest BCUT2D eigenvalue weighted by Crippen LogP contribution is 2.22. The molecule has 0 aliphatic heterocycles. The second-order valence-corrected chi connectivity index (χ2v) is 6.13. The molecule has 0 unspecified atom stereocenters. The summed E-state index contributed by atoms with van der Waals surface area (Å²) in [7, 11) is 0. The van der Waals surface area contributed by atoms with E-state index >= 15 is 0 Å². The van der Waals surface area contributed by atoms with Gasteiger partial charge in [-0.1, -0.05) is 30.3 Å². The zero-order valence-electron chi connectivity index (χ0n) is 14.1. The summed E-state index contributed by atoms with van der Waals surface area (Å²) in [6.07, 6.45) is 1.40. The van der Waals surface area contributed by atoms with Crippen LogP contribution in [0.4, 0.5) is 0 Å². The van der Waals surface area contributed by atoms with Gasteiger partial charge in [0.15, 0.2) is 0 Å². The maximum absolute atomic E-state index is 12.5. The highest BCUT2D eigenvalue weighted by Gasteiger charge is 2.16. The third kappa shape index (κ3) is 3.40. The van der Waals surface area contributed by atoms with Crippen LogP contribution in [-0.2, 0) is 6.61 Å². The molecule has 3 rings (SSSR count). The van der Waals surface area contributed by atoms with Crippen molar-refractivity contribution in [2.45, 2.75) is 26.5 Å². The van der Waals surface area contributed by atoms with Gasteiger partial charge in [-0.15, -0.1) is 0 Å². The number of carboxylic acids is 1. The van der Waals surface area contributed by atoms with Crippen molar-refractivity contribution in [1.29, 1.82) is 0 Å². The molecule has 0 radical (unpaired) electrons. The lowest BCUT2D eigenvalue weighted by atomic mass is 10.1. The van der Waals surface area contributed by atoms with Gasteiger partial charge in [-0.25, -0.2) is 4.79 Å². The summed E-state index contributed by atoms with van der Waals surface area (Å²) in [5, 5.41) is 9.65. The van der Waals surface area contributed by atoms with Crippen molar-refractivity contribution in [2.24, 2.45) is 0 Å². The molecule has 25 heavy (non-hydrogen) atoms. The molecule has 1 N–H and O–H groups in total. The number of hydrogen-bond donors (Lipinski definition) is 1. The lowest BCUT2D eigenvalue weighted by molar-refractivity contribution is 0.0694. The van der Waals surface area contributed by atoms with E-state index in [0.717, 1.165) is 5.56 Å². The standard InChI is InChI=1S/C20H19NO4/c1-13(2)21-11-17(20(23)24)19(22)16-10-15(8-9-18(16)21)25-12-14-6-4-3-5-7-14/h3-11,13H,12H2,1-2H3,(H,23,24). The molecule has 0 saturated carbocycles. The quantitative estimate of drug-likeness (QED) is 0.767. The summed E-state index contributed by atoms with van der Waals surface area (Å²) < 4.78 is 7.55. The zero-order chi connectivity index (χ0) is 18.0. The van der Waals surface area contributed by atoms with Gasteiger partial charge >= 0.3 is 5.97 Å². The second kappa shape index (κ2) is 6.81. The minimum atomic E-state index is -1.23. The van der Waals surface area contributed by atoms with Gasteiger partial charge in [-0.05, 0) is 37.6 Å². The Hall–Kier alpha value is -3.08. The van der Waals surface area contributed by atoms with Gasteiger partial charge in [0.1, 0.15) is 17.9 Å². The molecule has 0 bridgehead atoms. The van der Waals surface area contributed by atoms with E-state index in [-0.39, 0.29) is 11.6 Å². The summed E-state index contributed by atoms with van der Waals surface area (Å²) in [6, 6.07) is 14.9. The van der Waals surface area contributed by atoms with Crippen LogP contribution in [0.1, 0.15) is 35.8 Å². The van der Waals surface area contributed by atoms with E-state index in [1.165, 1.54) is 6.20 Å². The third-order valence-electron chi connectivity index (χ3n) is 4.04. The molecule has 2 aromatic carbocycles. The normalized spacial score (nSPS) is 11.0. The molecule has 128 valence electrons. The molecule has 0 aliphatic carbocycles. The molecule has 0 spiro atoms. The summed E-state index contributed by atoms with van der Waals surface area (Å²) in [6.45, 7) is 4.26. The highest BCUT2D eigenvalue weighted by molar-refractivity contribution is 5.93. The lowest BCUT2D eigenvalue weighted by Gasteiger charge is -2.16. The number of carbonyl (C=O) groups is 1. The Morgan fingerprint density at radius 1 is 1.16 bits per heavy atom. The molecule has 5 nitrogen and oxygen atoms in total. The largest absolute Gasteiger partial charge is 0.489 e. The van der Waals surface area contributed by atoms with Crippen LogP contribution >= 0.6 is 0 Å². The van der Waals surface area contributed by atoms with Crippen LogP contribution in [0.5, 0.6) is 5.75 Å².